The molecule has 0 atom stereocenters. The standard InChI is InChI=1S/C21H29N3O6S/c1-3-13-31(28,29)22-16-7-10-23(11-8-16)19(25)15-5-6-17-18(14-15)21(27)24(20(17)26)9-4-12-30-2/h5-6,14,16,22H,3-4,7-13H2,1-2H3. The van der Waals surface area contributed by atoms with Crippen LogP contribution in [0.25, 0.3) is 0 Å². The first-order valence-electron chi connectivity index (χ1n) is 10.6. The molecule has 10 heteroatoms. The van der Waals surface area contributed by atoms with Crippen molar-refractivity contribution >= 4 is 27.7 Å². The highest BCUT2D eigenvalue weighted by molar-refractivity contribution is 7.89. The molecule has 170 valence electrons. The van der Waals surface area contributed by atoms with E-state index in [9.17, 15) is 22.8 Å². The summed E-state index contributed by atoms with van der Waals surface area (Å²) in [5.74, 6) is -0.878. The fourth-order valence-corrected chi connectivity index (χ4v) is 5.36. The summed E-state index contributed by atoms with van der Waals surface area (Å²) in [4.78, 5) is 40.9. The number of rotatable bonds is 9. The maximum absolute atomic E-state index is 12.9. The largest absolute Gasteiger partial charge is 0.385 e. The van der Waals surface area contributed by atoms with Crippen LogP contribution in [0, 0.1) is 0 Å². The van der Waals surface area contributed by atoms with E-state index in [0.29, 0.717) is 56.5 Å². The Balaban J connectivity index is 1.63. The average Bonchev–Trinajstić information content (AvgIpc) is 2.98. The summed E-state index contributed by atoms with van der Waals surface area (Å²) in [5, 5.41) is 0. The van der Waals surface area contributed by atoms with Crippen LogP contribution in [0.15, 0.2) is 18.2 Å². The van der Waals surface area contributed by atoms with Gasteiger partial charge in [0.25, 0.3) is 17.7 Å². The highest BCUT2D eigenvalue weighted by Gasteiger charge is 2.36. The normalized spacial score (nSPS) is 17.4. The number of nitrogens with one attached hydrogen (secondary N) is 1. The molecule has 0 radical (unpaired) electrons. The van der Waals surface area contributed by atoms with Gasteiger partial charge in [-0.05, 0) is 43.9 Å². The number of fused-ring (bicyclic) bond motifs is 1. The van der Waals surface area contributed by atoms with Crippen LogP contribution in [0.5, 0.6) is 0 Å². The molecule has 1 N–H and O–H groups in total. The van der Waals surface area contributed by atoms with Gasteiger partial charge in [0.05, 0.1) is 16.9 Å². The fourth-order valence-electron chi connectivity index (χ4n) is 3.96. The molecule has 2 heterocycles. The van der Waals surface area contributed by atoms with Gasteiger partial charge in [0.1, 0.15) is 0 Å². The molecule has 1 aromatic carbocycles. The number of piperidine rings is 1. The molecule has 1 fully saturated rings. The van der Waals surface area contributed by atoms with Crippen molar-refractivity contribution in [2.24, 2.45) is 0 Å². The third kappa shape index (κ3) is 5.31. The Kier molecular flexibility index (Phi) is 7.45. The zero-order chi connectivity index (χ0) is 22.6. The molecule has 3 amide bonds. The Morgan fingerprint density at radius 2 is 1.84 bits per heavy atom. The number of likely N-dealkylation sites (tertiary alicyclic amines) is 1. The number of amides is 3. The number of benzene rings is 1. The van der Waals surface area contributed by atoms with Gasteiger partial charge >= 0.3 is 0 Å². The second kappa shape index (κ2) is 9.88. The van der Waals surface area contributed by atoms with Crippen molar-refractivity contribution in [1.82, 2.24) is 14.5 Å². The topological polar surface area (TPSA) is 113 Å². The lowest BCUT2D eigenvalue weighted by molar-refractivity contribution is 0.0638. The first-order chi connectivity index (χ1) is 14.8. The van der Waals surface area contributed by atoms with Crippen molar-refractivity contribution in [3.05, 3.63) is 34.9 Å². The minimum atomic E-state index is -3.29. The fraction of sp³-hybridized carbons (Fsp3) is 0.571. The molecule has 2 aliphatic heterocycles. The molecule has 2 aliphatic rings. The van der Waals surface area contributed by atoms with Crippen LogP contribution in [-0.2, 0) is 14.8 Å². The minimum Gasteiger partial charge on any atom is -0.385 e. The molecule has 1 saturated heterocycles. The molecule has 0 spiro atoms. The molecule has 0 unspecified atom stereocenters. The molecule has 9 nitrogen and oxygen atoms in total. The Labute approximate surface area is 182 Å². The lowest BCUT2D eigenvalue weighted by Gasteiger charge is -2.32. The summed E-state index contributed by atoms with van der Waals surface area (Å²) < 4.78 is 31.6. The molecule has 1 aromatic rings. The first-order valence-corrected chi connectivity index (χ1v) is 12.2. The van der Waals surface area contributed by atoms with E-state index in [0.717, 1.165) is 0 Å². The third-order valence-electron chi connectivity index (χ3n) is 5.55. The molecule has 3 rings (SSSR count). The Morgan fingerprint density at radius 1 is 1.16 bits per heavy atom. The van der Waals surface area contributed by atoms with E-state index in [2.05, 4.69) is 4.72 Å². The summed E-state index contributed by atoms with van der Waals surface area (Å²) >= 11 is 0. The van der Waals surface area contributed by atoms with E-state index >= 15 is 0 Å². The number of sulfonamides is 1. The zero-order valence-corrected chi connectivity index (χ0v) is 18.7. The number of methoxy groups -OCH3 is 1. The number of imide groups is 1. The van der Waals surface area contributed by atoms with Crippen molar-refractivity contribution in [3.8, 4) is 0 Å². The van der Waals surface area contributed by atoms with Gasteiger partial charge in [0.2, 0.25) is 10.0 Å². The lowest BCUT2D eigenvalue weighted by atomic mass is 10.0. The predicted octanol–water partition coefficient (Wildman–Crippen LogP) is 1.25. The molecule has 0 aliphatic carbocycles. The SMILES string of the molecule is CCCS(=O)(=O)NC1CCN(C(=O)c2ccc3c(c2)C(=O)N(CCCOC)C3=O)CC1. The van der Waals surface area contributed by atoms with E-state index in [1.165, 1.54) is 17.0 Å². The van der Waals surface area contributed by atoms with Crippen molar-refractivity contribution in [2.45, 2.75) is 38.6 Å². The van der Waals surface area contributed by atoms with Crippen molar-refractivity contribution in [3.63, 3.8) is 0 Å². The van der Waals surface area contributed by atoms with Gasteiger partial charge in [-0.25, -0.2) is 13.1 Å². The van der Waals surface area contributed by atoms with Crippen LogP contribution in [0.4, 0.5) is 0 Å². The van der Waals surface area contributed by atoms with Gasteiger partial charge in [-0.2, -0.15) is 0 Å². The number of nitrogens with zero attached hydrogens (tertiary/aromatic N) is 2. The van der Waals surface area contributed by atoms with Crippen LogP contribution in [0.1, 0.15) is 63.7 Å². The Morgan fingerprint density at radius 3 is 2.48 bits per heavy atom. The molecule has 0 aromatic heterocycles. The van der Waals surface area contributed by atoms with Crippen molar-refractivity contribution in [1.29, 1.82) is 0 Å². The first kappa shape index (κ1) is 23.4. The van der Waals surface area contributed by atoms with Crippen LogP contribution in [0.2, 0.25) is 0 Å². The minimum absolute atomic E-state index is 0.0938. The second-order valence-corrected chi connectivity index (χ2v) is 9.75. The van der Waals surface area contributed by atoms with Crippen LogP contribution in [0.3, 0.4) is 0 Å². The monoisotopic (exact) mass is 451 g/mol. The smallest absolute Gasteiger partial charge is 0.261 e. The van der Waals surface area contributed by atoms with Crippen LogP contribution in [-0.4, -0.2) is 81.1 Å². The number of hydrogen-bond acceptors (Lipinski definition) is 6. The van der Waals surface area contributed by atoms with Gasteiger partial charge in [0, 0.05) is 45.0 Å². The zero-order valence-electron chi connectivity index (χ0n) is 17.9. The van der Waals surface area contributed by atoms with E-state index in [1.807, 2.05) is 6.92 Å². The van der Waals surface area contributed by atoms with Gasteiger partial charge in [-0.3, -0.25) is 19.3 Å². The molecule has 31 heavy (non-hydrogen) atoms. The maximum Gasteiger partial charge on any atom is 0.261 e. The number of carbonyl (C=O) groups excluding carboxylic acids is 3. The van der Waals surface area contributed by atoms with E-state index < -0.39 is 15.9 Å². The van der Waals surface area contributed by atoms with Gasteiger partial charge in [0.15, 0.2) is 0 Å². The van der Waals surface area contributed by atoms with Gasteiger partial charge < -0.3 is 9.64 Å². The molecule has 0 bridgehead atoms. The number of carbonyl (C=O) groups is 3. The highest BCUT2D eigenvalue weighted by atomic mass is 32.2. The van der Waals surface area contributed by atoms with Crippen molar-refractivity contribution in [2.75, 3.05) is 39.1 Å². The Bertz CT molecular complexity index is 954. The predicted molar refractivity (Wildman–Crippen MR) is 114 cm³/mol. The summed E-state index contributed by atoms with van der Waals surface area (Å²) in [5.41, 5.74) is 0.905. The average molecular weight is 452 g/mol. The third-order valence-corrected chi connectivity index (χ3v) is 7.19. The Hall–Kier alpha value is -2.30. The summed E-state index contributed by atoms with van der Waals surface area (Å²) in [7, 11) is -1.73. The lowest BCUT2D eigenvalue weighted by Crippen LogP contribution is -2.47. The summed E-state index contributed by atoms with van der Waals surface area (Å²) in [6.07, 6.45) is 2.16. The van der Waals surface area contributed by atoms with Gasteiger partial charge in [-0.1, -0.05) is 6.92 Å². The summed E-state index contributed by atoms with van der Waals surface area (Å²) in [6.45, 7) is 3.37. The molecule has 0 saturated carbocycles. The molecular weight excluding hydrogens is 422 g/mol. The van der Waals surface area contributed by atoms with Crippen molar-refractivity contribution < 1.29 is 27.5 Å². The van der Waals surface area contributed by atoms with Gasteiger partial charge in [-0.15, -0.1) is 0 Å². The van der Waals surface area contributed by atoms with E-state index in [1.54, 1.807) is 18.1 Å². The summed E-state index contributed by atoms with van der Waals surface area (Å²) in [6, 6.07) is 4.41. The van der Waals surface area contributed by atoms with Crippen LogP contribution >= 0.6 is 0 Å². The van der Waals surface area contributed by atoms with E-state index in [-0.39, 0.29) is 35.7 Å². The van der Waals surface area contributed by atoms with E-state index in [4.69, 9.17) is 4.74 Å². The maximum atomic E-state index is 12.9. The van der Waals surface area contributed by atoms with Crippen LogP contribution < -0.4 is 4.72 Å². The highest BCUT2D eigenvalue weighted by Crippen LogP contribution is 2.25. The number of ether oxygens (including phenoxy) is 1. The number of hydrogen-bond donors (Lipinski definition) is 1. The quantitative estimate of drug-likeness (QED) is 0.447. The second-order valence-electron chi connectivity index (χ2n) is 7.87. The molecular formula is C21H29N3O6S.